The van der Waals surface area contributed by atoms with Crippen molar-refractivity contribution < 1.29 is 0 Å². The zero-order chi connectivity index (χ0) is 53.9. The maximum absolute atomic E-state index is 2.52. The highest BCUT2D eigenvalue weighted by Crippen LogP contribution is 2.62. The van der Waals surface area contributed by atoms with Crippen LogP contribution in [0, 0.1) is 0 Å². The van der Waals surface area contributed by atoms with Gasteiger partial charge in [0.15, 0.2) is 0 Å². The van der Waals surface area contributed by atoms with Crippen molar-refractivity contribution in [1.82, 2.24) is 4.57 Å². The summed E-state index contributed by atoms with van der Waals surface area (Å²) in [6, 6.07) is 118. The zero-order valence-electron chi connectivity index (χ0n) is 44.9. The molecule has 2 aliphatic carbocycles. The van der Waals surface area contributed by atoms with Crippen molar-refractivity contribution in [2.45, 2.75) is 10.8 Å². The molecule has 1 atom stereocenters. The molecule has 0 amide bonds. The Morgan fingerprint density at radius 3 is 1.46 bits per heavy atom. The van der Waals surface area contributed by atoms with Gasteiger partial charge in [-0.15, -0.1) is 0 Å². The molecule has 82 heavy (non-hydrogen) atoms. The number of hydrogen-bond acceptors (Lipinski definition) is 1. The molecule has 2 nitrogen and oxygen atoms in total. The summed E-state index contributed by atoms with van der Waals surface area (Å²) >= 11 is 0. The third-order valence-corrected chi connectivity index (χ3v) is 18.3. The Bertz CT molecular complexity index is 4820. The lowest BCUT2D eigenvalue weighted by atomic mass is 9.65. The van der Waals surface area contributed by atoms with Gasteiger partial charge in [0, 0.05) is 27.7 Å². The van der Waals surface area contributed by atoms with E-state index in [0.717, 1.165) is 28.2 Å². The van der Waals surface area contributed by atoms with E-state index in [4.69, 9.17) is 0 Å². The summed E-state index contributed by atoms with van der Waals surface area (Å²) in [5.41, 5.74) is 28.4. The van der Waals surface area contributed by atoms with E-state index in [0.29, 0.717) is 0 Å². The molecule has 0 radical (unpaired) electrons. The molecule has 1 aliphatic heterocycles. The monoisotopic (exact) mass is 1040 g/mol. The fourth-order valence-corrected chi connectivity index (χ4v) is 15.0. The van der Waals surface area contributed by atoms with Crippen LogP contribution in [0.5, 0.6) is 0 Å². The molecule has 1 unspecified atom stereocenters. The Kier molecular flexibility index (Phi) is 10.2. The molecule has 1 aromatic heterocycles. The predicted octanol–water partition coefficient (Wildman–Crippen LogP) is 20.3. The molecule has 2 heteroatoms. The SMILES string of the molecule is c1ccc(-c2ccccc2-c2ccccc2N(c2ccc(-c3ccc4c(c3)C3(c5ccccc5-4)c4ccccc4-n4c5ccccc5c5cccc3c54)cc2)c2ccc3c(c2)C(c2ccccc2)(c2ccccc2)c2ccccc2-3)cc1. The van der Waals surface area contributed by atoms with Gasteiger partial charge in [-0.2, -0.15) is 0 Å². The second-order valence-electron chi connectivity index (χ2n) is 22.2. The highest BCUT2D eigenvalue weighted by Gasteiger charge is 2.51. The topological polar surface area (TPSA) is 8.17 Å². The number of aromatic nitrogens is 1. The highest BCUT2D eigenvalue weighted by atomic mass is 15.1. The summed E-state index contributed by atoms with van der Waals surface area (Å²) in [6.45, 7) is 0. The number of rotatable bonds is 8. The van der Waals surface area contributed by atoms with Crippen molar-refractivity contribution in [3.8, 4) is 61.3 Å². The van der Waals surface area contributed by atoms with E-state index in [-0.39, 0.29) is 0 Å². The van der Waals surface area contributed by atoms with E-state index in [1.165, 1.54) is 117 Å². The Labute approximate surface area is 477 Å². The van der Waals surface area contributed by atoms with Gasteiger partial charge in [-0.3, -0.25) is 0 Å². The molecule has 0 fully saturated rings. The minimum atomic E-state index is -0.565. The number of hydrogen-bond donors (Lipinski definition) is 0. The van der Waals surface area contributed by atoms with Crippen molar-refractivity contribution in [3.63, 3.8) is 0 Å². The zero-order valence-corrected chi connectivity index (χ0v) is 44.9. The van der Waals surface area contributed by atoms with Gasteiger partial charge in [0.25, 0.3) is 0 Å². The molecule has 382 valence electrons. The van der Waals surface area contributed by atoms with Gasteiger partial charge in [0.2, 0.25) is 0 Å². The van der Waals surface area contributed by atoms with Crippen molar-refractivity contribution in [3.05, 3.63) is 360 Å². The molecule has 1 spiro atoms. The molecule has 2 heterocycles. The summed E-state index contributed by atoms with van der Waals surface area (Å²) in [5, 5.41) is 2.56. The van der Waals surface area contributed by atoms with Gasteiger partial charge >= 0.3 is 0 Å². The van der Waals surface area contributed by atoms with Gasteiger partial charge in [-0.1, -0.05) is 267 Å². The number of fused-ring (bicyclic) bond motifs is 15. The van der Waals surface area contributed by atoms with Gasteiger partial charge < -0.3 is 9.47 Å². The number of anilines is 3. The molecule has 0 saturated carbocycles. The average Bonchev–Trinajstić information content (AvgIpc) is 1.69. The highest BCUT2D eigenvalue weighted by molar-refractivity contribution is 6.13. The number of para-hydroxylation sites is 4. The predicted molar refractivity (Wildman–Crippen MR) is 340 cm³/mol. The van der Waals surface area contributed by atoms with Crippen LogP contribution in [0.4, 0.5) is 17.1 Å². The third kappa shape index (κ3) is 6.40. The Morgan fingerprint density at radius 2 is 0.744 bits per heavy atom. The molecule has 0 bridgehead atoms. The first kappa shape index (κ1) is 46.4. The molecule has 0 saturated heterocycles. The van der Waals surface area contributed by atoms with Crippen LogP contribution in [0.2, 0.25) is 0 Å². The Hall–Kier alpha value is -10.5. The van der Waals surface area contributed by atoms with Gasteiger partial charge in [-0.25, -0.2) is 0 Å². The molecular weight excluding hydrogens is 989 g/mol. The fourth-order valence-electron chi connectivity index (χ4n) is 15.0. The van der Waals surface area contributed by atoms with E-state index in [1.54, 1.807) is 0 Å². The lowest BCUT2D eigenvalue weighted by molar-refractivity contribution is 0.749. The van der Waals surface area contributed by atoms with Gasteiger partial charge in [0.1, 0.15) is 0 Å². The van der Waals surface area contributed by atoms with Crippen molar-refractivity contribution in [2.24, 2.45) is 0 Å². The van der Waals surface area contributed by atoms with Crippen LogP contribution in [-0.2, 0) is 10.8 Å². The van der Waals surface area contributed by atoms with Crippen LogP contribution in [0.3, 0.4) is 0 Å². The van der Waals surface area contributed by atoms with Crippen molar-refractivity contribution in [2.75, 3.05) is 4.90 Å². The largest absolute Gasteiger partial charge is 0.310 e. The summed E-state index contributed by atoms with van der Waals surface area (Å²) < 4.78 is 2.52. The quantitative estimate of drug-likeness (QED) is 0.147. The van der Waals surface area contributed by atoms with E-state index in [1.807, 2.05) is 0 Å². The Balaban J connectivity index is 0.870. The van der Waals surface area contributed by atoms with Crippen LogP contribution in [0.25, 0.3) is 83.1 Å². The molecule has 3 aliphatic rings. The van der Waals surface area contributed by atoms with Crippen molar-refractivity contribution >= 4 is 38.9 Å². The average molecular weight is 1040 g/mol. The van der Waals surface area contributed by atoms with Crippen LogP contribution in [0.1, 0.15) is 44.5 Å². The third-order valence-electron chi connectivity index (χ3n) is 18.3. The number of benzene rings is 13. The standard InChI is InChI=1S/C80H52N2/c1-4-23-54(24-5-1)60-29-10-11-30-61(60)66-33-14-19-40-75(66)81(59-48-50-65-62-31-12-16-36-69(62)79(74(65)52-59,56-25-6-2-7-26-56)57-27-8-3-9-28-57)58-46-43-53(44-47-58)55-45-49-64-63-32-13-17-37-70(63)80(73(64)51-55)71-38-18-21-42-77(71)82-76-41-20-15-34-67(76)68-35-22-39-72(80)78(68)82/h1-52H. The van der Waals surface area contributed by atoms with E-state index in [2.05, 4.69) is 325 Å². The minimum absolute atomic E-state index is 0.541. The normalized spacial score (nSPS) is 14.7. The molecule has 0 N–H and O–H groups in total. The summed E-state index contributed by atoms with van der Waals surface area (Å²) in [6.07, 6.45) is 0. The minimum Gasteiger partial charge on any atom is -0.310 e. The van der Waals surface area contributed by atoms with E-state index < -0.39 is 10.8 Å². The first-order valence-electron chi connectivity index (χ1n) is 28.6. The molecule has 17 rings (SSSR count). The maximum Gasteiger partial charge on any atom is 0.0754 e. The van der Waals surface area contributed by atoms with Crippen molar-refractivity contribution in [1.29, 1.82) is 0 Å². The van der Waals surface area contributed by atoms with Crippen LogP contribution in [-0.4, -0.2) is 4.57 Å². The van der Waals surface area contributed by atoms with E-state index >= 15 is 0 Å². The van der Waals surface area contributed by atoms with Crippen LogP contribution >= 0.6 is 0 Å². The van der Waals surface area contributed by atoms with Gasteiger partial charge in [0.05, 0.1) is 33.2 Å². The first-order valence-corrected chi connectivity index (χ1v) is 28.6. The lowest BCUT2D eigenvalue weighted by Crippen LogP contribution is -2.33. The van der Waals surface area contributed by atoms with E-state index in [9.17, 15) is 0 Å². The summed E-state index contributed by atoms with van der Waals surface area (Å²) in [4.78, 5) is 2.50. The molecule has 14 aromatic rings. The Morgan fingerprint density at radius 1 is 0.256 bits per heavy atom. The number of nitrogens with zero attached hydrogens (tertiary/aromatic N) is 2. The molecule has 13 aromatic carbocycles. The van der Waals surface area contributed by atoms with Crippen LogP contribution < -0.4 is 4.90 Å². The van der Waals surface area contributed by atoms with Gasteiger partial charge in [-0.05, 0) is 143 Å². The maximum atomic E-state index is 2.52. The van der Waals surface area contributed by atoms with Crippen LogP contribution in [0.15, 0.2) is 315 Å². The molecular formula is C80H52N2. The first-order chi connectivity index (χ1) is 40.7. The second-order valence-corrected chi connectivity index (χ2v) is 22.2. The smallest absolute Gasteiger partial charge is 0.0754 e. The summed E-state index contributed by atoms with van der Waals surface area (Å²) in [5.74, 6) is 0. The second kappa shape index (κ2) is 18.0. The summed E-state index contributed by atoms with van der Waals surface area (Å²) in [7, 11) is 0. The fraction of sp³-hybridized carbons (Fsp3) is 0.0250. The lowest BCUT2D eigenvalue weighted by Gasteiger charge is -2.39.